The van der Waals surface area contributed by atoms with Crippen LogP contribution in [-0.2, 0) is 38.4 Å². The Balaban J connectivity index is 3.43. The third-order valence-electron chi connectivity index (χ3n) is 1.33. The summed E-state index contributed by atoms with van der Waals surface area (Å²) in [5.74, 6) is -2.62. The molecule has 0 aliphatic rings. The van der Waals surface area contributed by atoms with Crippen LogP contribution in [0.25, 0.3) is 0 Å². The lowest BCUT2D eigenvalue weighted by Crippen LogP contribution is -2.32. The molecule has 0 atom stereocenters. The van der Waals surface area contributed by atoms with Gasteiger partial charge in [0, 0.05) is 14.2 Å². The van der Waals surface area contributed by atoms with Gasteiger partial charge in [0.15, 0.2) is 0 Å². The van der Waals surface area contributed by atoms with Crippen molar-refractivity contribution in [3.63, 3.8) is 0 Å². The lowest BCUT2D eigenvalue weighted by atomic mass is 10.7. The van der Waals surface area contributed by atoms with Crippen molar-refractivity contribution in [1.29, 1.82) is 0 Å². The summed E-state index contributed by atoms with van der Waals surface area (Å²) in [5, 5.41) is 0. The van der Waals surface area contributed by atoms with E-state index < -0.39 is 11.9 Å². The molecule has 0 aromatic rings. The Morgan fingerprint density at radius 3 is 1.50 bits per heavy atom. The summed E-state index contributed by atoms with van der Waals surface area (Å²) in [6, 6.07) is 0. The van der Waals surface area contributed by atoms with Gasteiger partial charge in [-0.1, -0.05) is 0 Å². The molecule has 0 aliphatic carbocycles. The van der Waals surface area contributed by atoms with Crippen molar-refractivity contribution in [2.45, 2.75) is 0 Å². The van der Waals surface area contributed by atoms with E-state index in [1.165, 1.54) is 14.2 Å². The smallest absolute Gasteiger partial charge is 0.382 e. The maximum Gasteiger partial charge on any atom is 0.439 e. The van der Waals surface area contributed by atoms with Crippen LogP contribution in [0.2, 0.25) is 0 Å². The normalized spacial score (nSPS) is 10.1. The van der Waals surface area contributed by atoms with Crippen LogP contribution in [0, 0.1) is 0 Å². The predicted octanol–water partition coefficient (Wildman–Crippen LogP) is -1.76. The number of rotatable bonds is 10. The third kappa shape index (κ3) is 9.89. The largest absolute Gasteiger partial charge is 0.439 e. The van der Waals surface area contributed by atoms with Gasteiger partial charge in [-0.25, -0.2) is 9.59 Å². The average molecular weight is 268 g/mol. The Labute approximate surface area is 103 Å². The van der Waals surface area contributed by atoms with Gasteiger partial charge in [0.05, 0.1) is 26.4 Å². The van der Waals surface area contributed by atoms with Crippen LogP contribution in [0.5, 0.6) is 0 Å². The Kier molecular flexibility index (Phi) is 11.3. The predicted molar refractivity (Wildman–Crippen MR) is 54.1 cm³/mol. The highest BCUT2D eigenvalue weighted by molar-refractivity contribution is 6.29. The van der Waals surface area contributed by atoms with Crippen LogP contribution in [0.15, 0.2) is 0 Å². The molecule has 0 spiro atoms. The van der Waals surface area contributed by atoms with Gasteiger partial charge < -0.3 is 19.1 Å². The molecule has 0 heterocycles. The Bertz CT molecular complexity index is 213. The molecule has 0 saturated carbocycles. The molecule has 0 amide bonds. The number of ether oxygens (including phenoxy) is 2. The first-order valence-corrected chi connectivity index (χ1v) is 4.85. The second-order valence-corrected chi connectivity index (χ2v) is 2.63. The van der Waals surface area contributed by atoms with E-state index in [1.54, 1.807) is 11.3 Å². The van der Waals surface area contributed by atoms with Crippen molar-refractivity contribution in [1.82, 2.24) is 11.3 Å². The molecule has 0 aliphatic heterocycles. The van der Waals surface area contributed by atoms with Gasteiger partial charge >= 0.3 is 11.9 Å². The first kappa shape index (κ1) is 16.7. The van der Waals surface area contributed by atoms with Gasteiger partial charge in [-0.05, 0) is 11.3 Å². The zero-order valence-corrected chi connectivity index (χ0v) is 10.1. The number of methoxy groups -OCH3 is 2. The van der Waals surface area contributed by atoms with Crippen molar-refractivity contribution in [3.8, 4) is 0 Å². The molecular weight excluding hydrogens is 252 g/mol. The van der Waals surface area contributed by atoms with Crippen LogP contribution in [-0.4, -0.2) is 52.6 Å². The lowest BCUT2D eigenvalue weighted by Gasteiger charge is -2.06. The number of nitrogens with one attached hydrogen (secondary N) is 2. The fourth-order valence-electron chi connectivity index (χ4n) is 0.551. The van der Waals surface area contributed by atoms with E-state index in [2.05, 4.69) is 28.8 Å². The molecule has 0 bridgehead atoms. The Morgan fingerprint density at radius 2 is 1.17 bits per heavy atom. The van der Waals surface area contributed by atoms with Gasteiger partial charge in [0.1, 0.15) is 0 Å². The minimum absolute atomic E-state index is 0.136. The highest BCUT2D eigenvalue weighted by Gasteiger charge is 2.18. The van der Waals surface area contributed by atoms with Gasteiger partial charge in [0.2, 0.25) is 0 Å². The van der Waals surface area contributed by atoms with E-state index in [9.17, 15) is 9.59 Å². The summed E-state index contributed by atoms with van der Waals surface area (Å²) >= 11 is 0. The molecule has 106 valence electrons. The number of carbonyl (C=O) groups excluding carboxylic acids is 2. The molecule has 2 N–H and O–H groups in total. The first-order valence-electron chi connectivity index (χ1n) is 4.85. The van der Waals surface area contributed by atoms with Crippen molar-refractivity contribution < 1.29 is 38.4 Å². The molecule has 0 rings (SSSR count). The average Bonchev–Trinajstić information content (AvgIpc) is 2.37. The topological polar surface area (TPSA) is 114 Å². The van der Waals surface area contributed by atoms with Gasteiger partial charge in [-0.2, -0.15) is 0 Å². The molecule has 0 aromatic heterocycles. The molecule has 0 saturated heterocycles. The highest BCUT2D eigenvalue weighted by atomic mass is 16.9. The van der Waals surface area contributed by atoms with Crippen molar-refractivity contribution in [2.75, 3.05) is 40.6 Å². The van der Waals surface area contributed by atoms with E-state index in [-0.39, 0.29) is 13.2 Å². The maximum absolute atomic E-state index is 10.9. The zero-order valence-electron chi connectivity index (χ0n) is 10.1. The summed E-state index contributed by atoms with van der Waals surface area (Å²) in [5.41, 5.74) is 3.59. The van der Waals surface area contributed by atoms with Crippen LogP contribution in [0.4, 0.5) is 0 Å². The number of hydrogen-bond acceptors (Lipinski definition) is 10. The standard InChI is InChI=1S/C8H16N2O8/c1-13-3-5-15-9-17-7(11)8(12)18-10-16-6-4-14-2/h9-10H,3-6H2,1-2H3. The van der Waals surface area contributed by atoms with E-state index in [4.69, 9.17) is 0 Å². The Hall–Kier alpha value is -1.30. The van der Waals surface area contributed by atoms with E-state index in [1.807, 2.05) is 0 Å². The zero-order chi connectivity index (χ0) is 13.6. The van der Waals surface area contributed by atoms with Gasteiger partial charge in [-0.3, -0.25) is 9.68 Å². The summed E-state index contributed by atoms with van der Waals surface area (Å²) in [7, 11) is 2.95. The van der Waals surface area contributed by atoms with E-state index in [0.717, 1.165) is 0 Å². The van der Waals surface area contributed by atoms with Gasteiger partial charge in [-0.15, -0.1) is 0 Å². The molecule has 10 nitrogen and oxygen atoms in total. The highest BCUT2D eigenvalue weighted by Crippen LogP contribution is 1.81. The summed E-state index contributed by atoms with van der Waals surface area (Å²) in [4.78, 5) is 39.3. The minimum Gasteiger partial charge on any atom is -0.382 e. The number of carbonyl (C=O) groups is 2. The van der Waals surface area contributed by atoms with E-state index in [0.29, 0.717) is 13.2 Å². The van der Waals surface area contributed by atoms with Gasteiger partial charge in [0.25, 0.3) is 0 Å². The summed E-state index contributed by atoms with van der Waals surface area (Å²) < 4.78 is 9.30. The van der Waals surface area contributed by atoms with Crippen LogP contribution in [0.3, 0.4) is 0 Å². The molecule has 0 unspecified atom stereocenters. The summed E-state index contributed by atoms with van der Waals surface area (Å²) in [6.07, 6.45) is 0. The fourth-order valence-corrected chi connectivity index (χ4v) is 0.551. The quantitative estimate of drug-likeness (QED) is 0.268. The molecule has 18 heavy (non-hydrogen) atoms. The monoisotopic (exact) mass is 268 g/mol. The second-order valence-electron chi connectivity index (χ2n) is 2.63. The third-order valence-corrected chi connectivity index (χ3v) is 1.33. The first-order chi connectivity index (χ1) is 8.72. The molecular formula is C8H16N2O8. The van der Waals surface area contributed by atoms with Crippen LogP contribution >= 0.6 is 0 Å². The van der Waals surface area contributed by atoms with E-state index >= 15 is 0 Å². The lowest BCUT2D eigenvalue weighted by molar-refractivity contribution is -0.218. The minimum atomic E-state index is -1.31. The van der Waals surface area contributed by atoms with Crippen LogP contribution < -0.4 is 11.3 Å². The SMILES string of the molecule is COCCONOC(=O)C(=O)ONOCCOC. The van der Waals surface area contributed by atoms with Crippen molar-refractivity contribution in [2.24, 2.45) is 0 Å². The summed E-state index contributed by atoms with van der Waals surface area (Å²) in [6.45, 7) is 0.863. The maximum atomic E-state index is 10.9. The Morgan fingerprint density at radius 1 is 0.778 bits per heavy atom. The van der Waals surface area contributed by atoms with Crippen LogP contribution in [0.1, 0.15) is 0 Å². The molecule has 0 radical (unpaired) electrons. The number of hydrogen-bond donors (Lipinski definition) is 2. The fraction of sp³-hybridized carbons (Fsp3) is 0.750. The molecule has 0 aromatic carbocycles. The van der Waals surface area contributed by atoms with Crippen molar-refractivity contribution in [3.05, 3.63) is 0 Å². The molecule has 10 heteroatoms. The van der Waals surface area contributed by atoms with Crippen molar-refractivity contribution >= 4 is 11.9 Å². The second kappa shape index (κ2) is 12.2. The molecule has 0 fully saturated rings.